The molecule has 0 radical (unpaired) electrons. The minimum absolute atomic E-state index is 0.0382. The number of aliphatic carboxylic acids is 1. The fourth-order valence-corrected chi connectivity index (χ4v) is 3.39. The highest BCUT2D eigenvalue weighted by Crippen LogP contribution is 2.31. The standard InChI is InChI=1S/C20H19ClO6S/c1-3-27-20(24)17(12-18(22)23)19(13-4-8-15(21)9-5-13)14-6-10-16(11-7-14)28(2,25)26/h4-11H,3,12H2,1-2H3,(H,22,23)/b19-17-. The van der Waals surface area contributed by atoms with Crippen LogP contribution in [0.1, 0.15) is 24.5 Å². The fourth-order valence-electron chi connectivity index (χ4n) is 2.63. The summed E-state index contributed by atoms with van der Waals surface area (Å²) in [5.74, 6) is -1.94. The molecule has 0 aliphatic carbocycles. The van der Waals surface area contributed by atoms with Gasteiger partial charge in [0.15, 0.2) is 9.84 Å². The third kappa shape index (κ3) is 5.43. The van der Waals surface area contributed by atoms with Crippen molar-refractivity contribution in [1.82, 2.24) is 0 Å². The van der Waals surface area contributed by atoms with E-state index in [4.69, 9.17) is 16.3 Å². The van der Waals surface area contributed by atoms with Gasteiger partial charge >= 0.3 is 11.9 Å². The number of carboxylic acid groups (broad SMARTS) is 1. The molecule has 6 nitrogen and oxygen atoms in total. The third-order valence-corrected chi connectivity index (χ3v) is 5.24. The Morgan fingerprint density at radius 1 is 1.00 bits per heavy atom. The van der Waals surface area contributed by atoms with Crippen LogP contribution in [0.15, 0.2) is 59.0 Å². The molecule has 0 spiro atoms. The Labute approximate surface area is 168 Å². The highest BCUT2D eigenvalue weighted by molar-refractivity contribution is 7.90. The van der Waals surface area contributed by atoms with Crippen molar-refractivity contribution in [1.29, 1.82) is 0 Å². The summed E-state index contributed by atoms with van der Waals surface area (Å²) in [6, 6.07) is 12.4. The molecule has 2 aromatic rings. The number of benzene rings is 2. The van der Waals surface area contributed by atoms with Gasteiger partial charge in [-0.15, -0.1) is 0 Å². The Bertz CT molecular complexity index is 1010. The zero-order chi connectivity index (χ0) is 20.9. The van der Waals surface area contributed by atoms with Crippen molar-refractivity contribution in [3.63, 3.8) is 0 Å². The molecule has 0 saturated carbocycles. The molecule has 0 heterocycles. The number of carbonyl (C=O) groups excluding carboxylic acids is 1. The fraction of sp³-hybridized carbons (Fsp3) is 0.200. The lowest BCUT2D eigenvalue weighted by atomic mass is 9.91. The molecule has 0 amide bonds. The van der Waals surface area contributed by atoms with Gasteiger partial charge in [-0.1, -0.05) is 35.9 Å². The van der Waals surface area contributed by atoms with Gasteiger partial charge in [0.2, 0.25) is 0 Å². The molecule has 0 unspecified atom stereocenters. The molecule has 0 bridgehead atoms. The Hall–Kier alpha value is -2.64. The molecule has 8 heteroatoms. The number of hydrogen-bond acceptors (Lipinski definition) is 5. The smallest absolute Gasteiger partial charge is 0.335 e. The molecule has 0 saturated heterocycles. The van der Waals surface area contributed by atoms with Crippen molar-refractivity contribution >= 4 is 38.9 Å². The number of carbonyl (C=O) groups is 2. The van der Waals surface area contributed by atoms with Crippen LogP contribution in [0.4, 0.5) is 0 Å². The van der Waals surface area contributed by atoms with E-state index in [1.54, 1.807) is 31.2 Å². The van der Waals surface area contributed by atoms with Crippen LogP contribution >= 0.6 is 11.6 Å². The van der Waals surface area contributed by atoms with E-state index in [0.29, 0.717) is 21.7 Å². The van der Waals surface area contributed by atoms with Gasteiger partial charge in [-0.25, -0.2) is 13.2 Å². The Morgan fingerprint density at radius 3 is 1.93 bits per heavy atom. The summed E-state index contributed by atoms with van der Waals surface area (Å²) in [5, 5.41) is 9.77. The molecule has 2 rings (SSSR count). The van der Waals surface area contributed by atoms with E-state index in [1.165, 1.54) is 24.3 Å². The molecule has 0 aliphatic rings. The first-order valence-electron chi connectivity index (χ1n) is 8.32. The summed E-state index contributed by atoms with van der Waals surface area (Å²) in [5.41, 5.74) is 1.35. The second-order valence-corrected chi connectivity index (χ2v) is 8.40. The molecular weight excluding hydrogens is 404 g/mol. The first-order valence-corrected chi connectivity index (χ1v) is 10.6. The van der Waals surface area contributed by atoms with Gasteiger partial charge in [0.1, 0.15) is 0 Å². The lowest BCUT2D eigenvalue weighted by Crippen LogP contribution is -2.14. The van der Waals surface area contributed by atoms with Crippen molar-refractivity contribution in [3.05, 3.63) is 70.3 Å². The first kappa shape index (κ1) is 21.7. The Balaban J connectivity index is 2.75. The molecule has 28 heavy (non-hydrogen) atoms. The molecule has 0 aromatic heterocycles. The Kier molecular flexibility index (Phi) is 6.99. The lowest BCUT2D eigenvalue weighted by molar-refractivity contribution is -0.142. The zero-order valence-corrected chi connectivity index (χ0v) is 16.9. The third-order valence-electron chi connectivity index (χ3n) is 3.86. The monoisotopic (exact) mass is 422 g/mol. The van der Waals surface area contributed by atoms with Gasteiger partial charge in [0, 0.05) is 11.3 Å². The zero-order valence-electron chi connectivity index (χ0n) is 15.3. The van der Waals surface area contributed by atoms with Crippen molar-refractivity contribution in [2.75, 3.05) is 12.9 Å². The maximum absolute atomic E-state index is 12.5. The Morgan fingerprint density at radius 2 is 1.50 bits per heavy atom. The number of carboxylic acids is 1. The van der Waals surface area contributed by atoms with Gasteiger partial charge in [-0.05, 0) is 47.9 Å². The SMILES string of the molecule is CCOC(=O)/C(CC(=O)O)=C(/c1ccc(Cl)cc1)c1ccc(S(C)(=O)=O)cc1. The number of hydrogen-bond donors (Lipinski definition) is 1. The average Bonchev–Trinajstić information content (AvgIpc) is 2.62. The maximum Gasteiger partial charge on any atom is 0.335 e. The summed E-state index contributed by atoms with van der Waals surface area (Å²) in [7, 11) is -3.40. The van der Waals surface area contributed by atoms with Gasteiger partial charge < -0.3 is 9.84 Å². The second kappa shape index (κ2) is 9.03. The predicted octanol–water partition coefficient (Wildman–Crippen LogP) is 3.58. The van der Waals surface area contributed by atoms with E-state index in [2.05, 4.69) is 0 Å². The minimum atomic E-state index is -3.40. The van der Waals surface area contributed by atoms with Crippen LogP contribution < -0.4 is 0 Å². The van der Waals surface area contributed by atoms with Crippen LogP contribution in [0.2, 0.25) is 5.02 Å². The van der Waals surface area contributed by atoms with Crippen LogP contribution in [-0.4, -0.2) is 38.3 Å². The van der Waals surface area contributed by atoms with E-state index in [1.807, 2.05) is 0 Å². The molecule has 0 aliphatic heterocycles. The number of halogens is 1. The van der Waals surface area contributed by atoms with E-state index >= 15 is 0 Å². The largest absolute Gasteiger partial charge is 0.481 e. The van der Waals surface area contributed by atoms with Gasteiger partial charge in [0.25, 0.3) is 0 Å². The quantitative estimate of drug-likeness (QED) is 0.541. The number of rotatable bonds is 7. The summed E-state index contributed by atoms with van der Waals surface area (Å²) in [6.45, 7) is 1.71. The van der Waals surface area contributed by atoms with Crippen molar-refractivity contribution < 1.29 is 27.9 Å². The molecule has 148 valence electrons. The van der Waals surface area contributed by atoms with E-state index in [9.17, 15) is 23.1 Å². The van der Waals surface area contributed by atoms with Gasteiger partial charge in [0.05, 0.1) is 23.5 Å². The topological polar surface area (TPSA) is 97.7 Å². The van der Waals surface area contributed by atoms with Crippen molar-refractivity contribution in [2.45, 2.75) is 18.2 Å². The van der Waals surface area contributed by atoms with Gasteiger partial charge in [-0.2, -0.15) is 0 Å². The molecule has 0 fully saturated rings. The highest BCUT2D eigenvalue weighted by atomic mass is 35.5. The summed E-state index contributed by atoms with van der Waals surface area (Å²) >= 11 is 5.94. The second-order valence-electron chi connectivity index (χ2n) is 5.95. The lowest BCUT2D eigenvalue weighted by Gasteiger charge is -2.15. The van der Waals surface area contributed by atoms with E-state index in [0.717, 1.165) is 6.26 Å². The average molecular weight is 423 g/mol. The number of esters is 1. The molecular formula is C20H19ClO6S. The molecule has 2 aromatic carbocycles. The summed E-state index contributed by atoms with van der Waals surface area (Å²) in [6.07, 6.45) is 0.539. The van der Waals surface area contributed by atoms with Crippen LogP contribution in [0, 0.1) is 0 Å². The van der Waals surface area contributed by atoms with Crippen LogP contribution in [0.3, 0.4) is 0 Å². The van der Waals surface area contributed by atoms with E-state index in [-0.39, 0.29) is 17.1 Å². The number of ether oxygens (including phenoxy) is 1. The molecule has 1 N–H and O–H groups in total. The van der Waals surface area contributed by atoms with Crippen LogP contribution in [0.25, 0.3) is 5.57 Å². The van der Waals surface area contributed by atoms with Crippen LogP contribution in [-0.2, 0) is 24.2 Å². The summed E-state index contributed by atoms with van der Waals surface area (Å²) in [4.78, 5) is 24.0. The van der Waals surface area contributed by atoms with Gasteiger partial charge in [-0.3, -0.25) is 4.79 Å². The first-order chi connectivity index (χ1) is 13.1. The highest BCUT2D eigenvalue weighted by Gasteiger charge is 2.22. The normalized spacial score (nSPS) is 12.2. The van der Waals surface area contributed by atoms with Crippen molar-refractivity contribution in [2.24, 2.45) is 0 Å². The minimum Gasteiger partial charge on any atom is -0.481 e. The molecule has 0 atom stereocenters. The van der Waals surface area contributed by atoms with Crippen LogP contribution in [0.5, 0.6) is 0 Å². The maximum atomic E-state index is 12.5. The number of sulfone groups is 1. The summed E-state index contributed by atoms with van der Waals surface area (Å²) < 4.78 is 28.5. The van der Waals surface area contributed by atoms with E-state index < -0.39 is 28.2 Å². The van der Waals surface area contributed by atoms with Crippen molar-refractivity contribution in [3.8, 4) is 0 Å². The predicted molar refractivity (Wildman–Crippen MR) is 106 cm³/mol.